The average molecular weight is 587 g/mol. The van der Waals surface area contributed by atoms with Gasteiger partial charge in [-0.25, -0.2) is 8.78 Å². The van der Waals surface area contributed by atoms with Crippen molar-refractivity contribution in [1.29, 1.82) is 0 Å². The summed E-state index contributed by atoms with van der Waals surface area (Å²) in [5.74, 6) is -2.46. The standard InChI is InChI=1S/C34H48F2N2O4/c1-23(11-9-14-31(40)42-5)32(41)38-29(19-24-17-27(35)21-28(36)18-24)30(39)22-37-34(15-7-6-8-16-34)26-13-10-12-25(20-26)33(2,3)4/h10,12-13,17-18,20-21,23,29-30,37,39H,6-9,11,14-16,19,22H2,1-5H3,(H,38,41)/t23?,29?,30-/m0/s1. The van der Waals surface area contributed by atoms with Crippen molar-refractivity contribution in [3.63, 3.8) is 0 Å². The minimum Gasteiger partial charge on any atom is -0.469 e. The number of methoxy groups -OCH3 is 1. The zero-order valence-electron chi connectivity index (χ0n) is 25.8. The first-order chi connectivity index (χ1) is 19.8. The molecule has 1 saturated carbocycles. The molecule has 42 heavy (non-hydrogen) atoms. The second kappa shape index (κ2) is 15.1. The molecule has 3 rings (SSSR count). The number of hydrogen-bond acceptors (Lipinski definition) is 5. The van der Waals surface area contributed by atoms with Crippen LogP contribution in [-0.4, -0.2) is 42.8 Å². The molecule has 1 fully saturated rings. The van der Waals surface area contributed by atoms with Crippen LogP contribution >= 0.6 is 0 Å². The van der Waals surface area contributed by atoms with E-state index >= 15 is 0 Å². The van der Waals surface area contributed by atoms with Gasteiger partial charge in [-0.3, -0.25) is 9.59 Å². The molecule has 232 valence electrons. The normalized spacial score (nSPS) is 17.2. The largest absolute Gasteiger partial charge is 0.469 e. The summed E-state index contributed by atoms with van der Waals surface area (Å²) in [6.45, 7) is 8.52. The maximum atomic E-state index is 14.0. The lowest BCUT2D eigenvalue weighted by Crippen LogP contribution is -2.54. The van der Waals surface area contributed by atoms with Gasteiger partial charge in [-0.15, -0.1) is 0 Å². The van der Waals surface area contributed by atoms with Crippen LogP contribution in [0.15, 0.2) is 42.5 Å². The lowest BCUT2D eigenvalue weighted by molar-refractivity contribution is -0.141. The van der Waals surface area contributed by atoms with Crippen LogP contribution in [-0.2, 0) is 31.7 Å². The SMILES string of the molecule is COC(=O)CCCC(C)C(=O)NC(Cc1cc(F)cc(F)c1)[C@@H](O)CNC1(c2cccc(C(C)(C)C)c2)CCCCC1. The van der Waals surface area contributed by atoms with Crippen molar-refractivity contribution in [1.82, 2.24) is 10.6 Å². The van der Waals surface area contributed by atoms with Crippen molar-refractivity contribution in [3.8, 4) is 0 Å². The Bertz CT molecular complexity index is 1170. The van der Waals surface area contributed by atoms with Crippen LogP contribution in [0.3, 0.4) is 0 Å². The molecule has 0 spiro atoms. The second-order valence-electron chi connectivity index (χ2n) is 12.9. The van der Waals surface area contributed by atoms with Gasteiger partial charge in [0.2, 0.25) is 5.91 Å². The molecule has 0 aromatic heterocycles. The Kier molecular flexibility index (Phi) is 12.1. The number of hydrogen-bond donors (Lipinski definition) is 3. The van der Waals surface area contributed by atoms with Crippen molar-refractivity contribution in [3.05, 3.63) is 70.8 Å². The average Bonchev–Trinajstić information content (AvgIpc) is 2.95. The van der Waals surface area contributed by atoms with Crippen LogP contribution < -0.4 is 10.6 Å². The van der Waals surface area contributed by atoms with E-state index in [0.717, 1.165) is 38.2 Å². The van der Waals surface area contributed by atoms with E-state index in [4.69, 9.17) is 0 Å². The molecule has 6 nitrogen and oxygen atoms in total. The maximum absolute atomic E-state index is 14.0. The predicted molar refractivity (Wildman–Crippen MR) is 161 cm³/mol. The van der Waals surface area contributed by atoms with Crippen molar-refractivity contribution in [2.75, 3.05) is 13.7 Å². The molecule has 2 aromatic carbocycles. The summed E-state index contributed by atoms with van der Waals surface area (Å²) in [5, 5.41) is 18.1. The molecule has 0 aliphatic heterocycles. The molecule has 0 heterocycles. The van der Waals surface area contributed by atoms with Crippen LogP contribution in [0.4, 0.5) is 8.78 Å². The molecule has 0 saturated heterocycles. The fourth-order valence-electron chi connectivity index (χ4n) is 5.83. The lowest BCUT2D eigenvalue weighted by atomic mass is 9.74. The number of aliphatic hydroxyl groups is 1. The van der Waals surface area contributed by atoms with Gasteiger partial charge in [0.25, 0.3) is 0 Å². The Labute approximate surface area is 249 Å². The lowest BCUT2D eigenvalue weighted by Gasteiger charge is -2.41. The van der Waals surface area contributed by atoms with Gasteiger partial charge in [-0.1, -0.05) is 71.2 Å². The number of nitrogens with one attached hydrogen (secondary N) is 2. The van der Waals surface area contributed by atoms with E-state index in [1.54, 1.807) is 6.92 Å². The summed E-state index contributed by atoms with van der Waals surface area (Å²) >= 11 is 0. The van der Waals surface area contributed by atoms with Gasteiger partial charge in [0.15, 0.2) is 0 Å². The van der Waals surface area contributed by atoms with Gasteiger partial charge in [0.05, 0.1) is 19.3 Å². The van der Waals surface area contributed by atoms with Gasteiger partial charge in [0, 0.05) is 30.5 Å². The molecule has 3 N–H and O–H groups in total. The Morgan fingerprint density at radius 1 is 1.05 bits per heavy atom. The molecule has 1 aliphatic rings. The van der Waals surface area contributed by atoms with E-state index in [2.05, 4.69) is 60.4 Å². The topological polar surface area (TPSA) is 87.7 Å². The third-order valence-electron chi connectivity index (χ3n) is 8.50. The quantitative estimate of drug-likeness (QED) is 0.248. The van der Waals surface area contributed by atoms with Crippen molar-refractivity contribution in [2.45, 2.75) is 109 Å². The molecule has 0 bridgehead atoms. The van der Waals surface area contributed by atoms with Crippen molar-refractivity contribution in [2.24, 2.45) is 5.92 Å². The molecule has 3 atom stereocenters. The highest BCUT2D eigenvalue weighted by molar-refractivity contribution is 5.78. The number of esters is 1. The minimum atomic E-state index is -1.02. The predicted octanol–water partition coefficient (Wildman–Crippen LogP) is 6.08. The number of benzene rings is 2. The van der Waals surface area contributed by atoms with Gasteiger partial charge < -0.3 is 20.5 Å². The molecular weight excluding hydrogens is 538 g/mol. The summed E-state index contributed by atoms with van der Waals surface area (Å²) in [7, 11) is 1.33. The Hall–Kier alpha value is -2.84. The monoisotopic (exact) mass is 586 g/mol. The molecule has 2 unspecified atom stereocenters. The van der Waals surface area contributed by atoms with E-state index in [1.807, 2.05) is 0 Å². The van der Waals surface area contributed by atoms with Crippen LogP contribution in [0.2, 0.25) is 0 Å². The highest BCUT2D eigenvalue weighted by Gasteiger charge is 2.36. The van der Waals surface area contributed by atoms with E-state index in [0.29, 0.717) is 18.4 Å². The van der Waals surface area contributed by atoms with Crippen LogP contribution in [0.1, 0.15) is 95.8 Å². The first-order valence-corrected chi connectivity index (χ1v) is 15.2. The number of rotatable bonds is 13. The molecule has 8 heteroatoms. The third kappa shape index (κ3) is 9.60. The number of ether oxygens (including phenoxy) is 1. The van der Waals surface area contributed by atoms with E-state index in [9.17, 15) is 23.5 Å². The van der Waals surface area contributed by atoms with Crippen LogP contribution in [0, 0.1) is 17.6 Å². The smallest absolute Gasteiger partial charge is 0.305 e. The van der Waals surface area contributed by atoms with Gasteiger partial charge in [-0.2, -0.15) is 0 Å². The van der Waals surface area contributed by atoms with Crippen LogP contribution in [0.5, 0.6) is 0 Å². The maximum Gasteiger partial charge on any atom is 0.305 e. The minimum absolute atomic E-state index is 0.00542. The Morgan fingerprint density at radius 2 is 1.71 bits per heavy atom. The summed E-state index contributed by atoms with van der Waals surface area (Å²) in [4.78, 5) is 24.6. The van der Waals surface area contributed by atoms with E-state index in [-0.39, 0.29) is 42.2 Å². The molecule has 1 aliphatic carbocycles. The first kappa shape index (κ1) is 33.7. The zero-order chi connectivity index (χ0) is 30.9. The number of carbonyl (C=O) groups excluding carboxylic acids is 2. The van der Waals surface area contributed by atoms with Gasteiger partial charge in [-0.05, 0) is 66.3 Å². The number of halogens is 2. The Morgan fingerprint density at radius 3 is 2.33 bits per heavy atom. The third-order valence-corrected chi connectivity index (χ3v) is 8.50. The summed E-state index contributed by atoms with van der Waals surface area (Å²) < 4.78 is 32.7. The highest BCUT2D eigenvalue weighted by Crippen LogP contribution is 2.38. The van der Waals surface area contributed by atoms with Gasteiger partial charge in [0.1, 0.15) is 11.6 Å². The second-order valence-corrected chi connectivity index (χ2v) is 12.9. The van der Waals surface area contributed by atoms with E-state index in [1.165, 1.54) is 30.4 Å². The molecule has 2 aromatic rings. The highest BCUT2D eigenvalue weighted by atomic mass is 19.1. The summed E-state index contributed by atoms with van der Waals surface area (Å²) in [6.07, 6.45) is 5.34. The van der Waals surface area contributed by atoms with Gasteiger partial charge >= 0.3 is 5.97 Å². The fraction of sp³-hybridized carbons (Fsp3) is 0.588. The molecular formula is C34H48F2N2O4. The number of aliphatic hydroxyl groups excluding tert-OH is 1. The van der Waals surface area contributed by atoms with Crippen LogP contribution in [0.25, 0.3) is 0 Å². The number of amides is 1. The first-order valence-electron chi connectivity index (χ1n) is 15.2. The zero-order valence-corrected chi connectivity index (χ0v) is 25.8. The fourth-order valence-corrected chi connectivity index (χ4v) is 5.83. The molecule has 1 amide bonds. The van der Waals surface area contributed by atoms with Crippen molar-refractivity contribution >= 4 is 11.9 Å². The van der Waals surface area contributed by atoms with E-state index < -0.39 is 29.7 Å². The van der Waals surface area contributed by atoms with Crippen molar-refractivity contribution < 1.29 is 28.2 Å². The summed E-state index contributed by atoms with van der Waals surface area (Å²) in [6, 6.07) is 11.1. The molecule has 0 radical (unpaired) electrons. The Balaban J connectivity index is 1.79. The number of carbonyl (C=O) groups is 2. The summed E-state index contributed by atoms with van der Waals surface area (Å²) in [5.41, 5.74) is 2.46.